The first kappa shape index (κ1) is 16.6. The van der Waals surface area contributed by atoms with Gasteiger partial charge in [-0.3, -0.25) is 4.90 Å². The molecule has 0 aromatic heterocycles. The van der Waals surface area contributed by atoms with Crippen LogP contribution in [-0.4, -0.2) is 73.2 Å². The van der Waals surface area contributed by atoms with Crippen molar-refractivity contribution >= 4 is 29.6 Å². The second-order valence-electron chi connectivity index (χ2n) is 4.24. The molecule has 112 valence electrons. The molecule has 0 unspecified atom stereocenters. The Kier molecular flexibility index (Phi) is 7.82. The van der Waals surface area contributed by atoms with Crippen molar-refractivity contribution in [3.63, 3.8) is 0 Å². The summed E-state index contributed by atoms with van der Waals surface area (Å²) in [5.74, 6) is -1.07. The fraction of sp³-hybridized carbons (Fsp3) is 0.615. The zero-order valence-corrected chi connectivity index (χ0v) is 12.4. The summed E-state index contributed by atoms with van der Waals surface area (Å²) in [5.41, 5.74) is 1.68. The highest BCUT2D eigenvalue weighted by Crippen LogP contribution is 1.99. The molecule has 7 heteroatoms. The van der Waals surface area contributed by atoms with E-state index in [4.69, 9.17) is 17.0 Å². The third-order valence-corrected chi connectivity index (χ3v) is 3.15. The Morgan fingerprint density at radius 3 is 2.25 bits per heavy atom. The van der Waals surface area contributed by atoms with Crippen molar-refractivity contribution in [1.82, 2.24) is 9.80 Å². The molecule has 1 saturated heterocycles. The van der Waals surface area contributed by atoms with Crippen LogP contribution < -0.4 is 0 Å². The van der Waals surface area contributed by atoms with Gasteiger partial charge in [0.1, 0.15) is 6.61 Å². The summed E-state index contributed by atoms with van der Waals surface area (Å²) in [5, 5.41) is 0. The van der Waals surface area contributed by atoms with Crippen LogP contribution in [0.1, 0.15) is 6.92 Å². The van der Waals surface area contributed by atoms with E-state index in [2.05, 4.69) is 14.5 Å². The largest absolute Gasteiger partial charge is 0.463 e. The summed E-state index contributed by atoms with van der Waals surface area (Å²) in [6, 6.07) is 0. The van der Waals surface area contributed by atoms with Gasteiger partial charge >= 0.3 is 11.9 Å². The molecule has 0 aromatic carbocycles. The topological polar surface area (TPSA) is 59.1 Å². The molecule has 20 heavy (non-hydrogen) atoms. The smallest absolute Gasteiger partial charge is 0.331 e. The Bertz CT molecular complexity index is 365. The van der Waals surface area contributed by atoms with Gasteiger partial charge < -0.3 is 14.4 Å². The van der Waals surface area contributed by atoms with Crippen molar-refractivity contribution in [2.24, 2.45) is 0 Å². The van der Waals surface area contributed by atoms with Crippen LogP contribution in [0.5, 0.6) is 0 Å². The third kappa shape index (κ3) is 6.63. The van der Waals surface area contributed by atoms with Crippen LogP contribution in [-0.2, 0) is 19.1 Å². The number of ether oxygens (including phenoxy) is 2. The zero-order valence-electron chi connectivity index (χ0n) is 11.6. The maximum atomic E-state index is 11.3. The number of hydrogen-bond donors (Lipinski definition) is 0. The van der Waals surface area contributed by atoms with Crippen molar-refractivity contribution in [2.45, 2.75) is 6.92 Å². The number of piperazine rings is 1. The van der Waals surface area contributed by atoms with Crippen LogP contribution in [0.25, 0.3) is 0 Å². The summed E-state index contributed by atoms with van der Waals surface area (Å²) in [4.78, 5) is 26.6. The molecule has 0 atom stereocenters. The van der Waals surface area contributed by atoms with Gasteiger partial charge in [-0.2, -0.15) is 0 Å². The molecule has 0 N–H and O–H groups in total. The molecule has 0 aromatic rings. The van der Waals surface area contributed by atoms with Crippen LogP contribution >= 0.6 is 12.2 Å². The molecule has 0 radical (unpaired) electrons. The number of esters is 2. The van der Waals surface area contributed by atoms with E-state index in [-0.39, 0.29) is 6.61 Å². The number of rotatable bonds is 7. The van der Waals surface area contributed by atoms with Gasteiger partial charge in [-0.15, -0.1) is 0 Å². The number of carbonyl (C=O) groups is 2. The van der Waals surface area contributed by atoms with E-state index in [1.54, 1.807) is 12.4 Å². The van der Waals surface area contributed by atoms with Crippen LogP contribution in [0.3, 0.4) is 0 Å². The average Bonchev–Trinajstić information content (AvgIpc) is 2.46. The second kappa shape index (κ2) is 9.44. The lowest BCUT2D eigenvalue weighted by Crippen LogP contribution is -2.46. The van der Waals surface area contributed by atoms with Gasteiger partial charge in [0.25, 0.3) is 0 Å². The van der Waals surface area contributed by atoms with Crippen molar-refractivity contribution < 1.29 is 19.1 Å². The van der Waals surface area contributed by atoms with E-state index in [0.717, 1.165) is 38.3 Å². The first-order valence-corrected chi connectivity index (χ1v) is 7.06. The molecule has 0 saturated carbocycles. The summed E-state index contributed by atoms with van der Waals surface area (Å²) >= 11 is 4.87. The fourth-order valence-electron chi connectivity index (χ4n) is 1.74. The molecule has 6 nitrogen and oxygen atoms in total. The lowest BCUT2D eigenvalue weighted by molar-refractivity contribution is -0.140. The zero-order chi connectivity index (χ0) is 14.8. The van der Waals surface area contributed by atoms with Crippen LogP contribution in [0.4, 0.5) is 0 Å². The molecular weight excluding hydrogens is 280 g/mol. The highest BCUT2D eigenvalue weighted by molar-refractivity contribution is 7.78. The van der Waals surface area contributed by atoms with Gasteiger partial charge in [-0.1, -0.05) is 12.2 Å². The van der Waals surface area contributed by atoms with Crippen molar-refractivity contribution in [2.75, 3.05) is 45.9 Å². The van der Waals surface area contributed by atoms with E-state index >= 15 is 0 Å². The lowest BCUT2D eigenvalue weighted by atomic mass is 10.3. The standard InChI is InChI=1S/C13H20N2O4S/c1-2-18-12(16)3-4-13(17)19-10-9-14-5-7-15(11-20)8-6-14/h3-4,11H,2,5-10H2,1H3/b4-3+. The normalized spacial score (nSPS) is 16.1. The molecule has 1 aliphatic heterocycles. The predicted octanol–water partition coefficient (Wildman–Crippen LogP) is 0.224. The Morgan fingerprint density at radius 2 is 1.70 bits per heavy atom. The first-order valence-electron chi connectivity index (χ1n) is 6.59. The highest BCUT2D eigenvalue weighted by atomic mass is 32.1. The van der Waals surface area contributed by atoms with Crippen molar-refractivity contribution in [1.29, 1.82) is 0 Å². The Morgan fingerprint density at radius 1 is 1.10 bits per heavy atom. The fourth-order valence-corrected chi connectivity index (χ4v) is 1.95. The highest BCUT2D eigenvalue weighted by Gasteiger charge is 2.14. The number of thiocarbonyl (C=S) groups is 1. The number of carbonyl (C=O) groups excluding carboxylic acids is 2. The molecule has 1 rings (SSSR count). The summed E-state index contributed by atoms with van der Waals surface area (Å²) < 4.78 is 9.66. The van der Waals surface area contributed by atoms with Gasteiger partial charge in [-0.25, -0.2) is 9.59 Å². The molecule has 0 aliphatic carbocycles. The molecule has 0 amide bonds. The summed E-state index contributed by atoms with van der Waals surface area (Å²) in [6.07, 6.45) is 2.16. The molecule has 1 aliphatic rings. The Hall–Kier alpha value is -1.47. The SMILES string of the molecule is CCOC(=O)/C=C/C(=O)OCCN1CCN(C=S)CC1. The van der Waals surface area contributed by atoms with E-state index in [1.807, 2.05) is 0 Å². The molecule has 1 heterocycles. The average molecular weight is 300 g/mol. The first-order chi connectivity index (χ1) is 9.65. The van der Waals surface area contributed by atoms with Gasteiger partial charge in [0.05, 0.1) is 12.1 Å². The maximum Gasteiger partial charge on any atom is 0.331 e. The monoisotopic (exact) mass is 300 g/mol. The second-order valence-corrected chi connectivity index (χ2v) is 4.45. The van der Waals surface area contributed by atoms with Crippen LogP contribution in [0.2, 0.25) is 0 Å². The minimum atomic E-state index is -0.541. The summed E-state index contributed by atoms with van der Waals surface area (Å²) in [6.45, 7) is 6.60. The van der Waals surface area contributed by atoms with E-state index in [9.17, 15) is 9.59 Å². The lowest BCUT2D eigenvalue weighted by Gasteiger charge is -2.33. The number of nitrogens with zero attached hydrogens (tertiary/aromatic N) is 2. The maximum absolute atomic E-state index is 11.3. The Labute approximate surface area is 124 Å². The van der Waals surface area contributed by atoms with Crippen molar-refractivity contribution in [3.05, 3.63) is 12.2 Å². The Balaban J connectivity index is 2.13. The predicted molar refractivity (Wildman–Crippen MR) is 78.4 cm³/mol. The van der Waals surface area contributed by atoms with Crippen molar-refractivity contribution in [3.8, 4) is 0 Å². The van der Waals surface area contributed by atoms with E-state index in [0.29, 0.717) is 13.2 Å². The molecule has 0 bridgehead atoms. The minimum Gasteiger partial charge on any atom is -0.463 e. The molecule has 1 fully saturated rings. The van der Waals surface area contributed by atoms with E-state index < -0.39 is 11.9 Å². The van der Waals surface area contributed by atoms with Gasteiger partial charge in [0.15, 0.2) is 0 Å². The van der Waals surface area contributed by atoms with Gasteiger partial charge in [-0.05, 0) is 6.92 Å². The van der Waals surface area contributed by atoms with E-state index in [1.165, 1.54) is 0 Å². The third-order valence-electron chi connectivity index (χ3n) is 2.85. The summed E-state index contributed by atoms with van der Waals surface area (Å²) in [7, 11) is 0. The van der Waals surface area contributed by atoms with Gasteiger partial charge in [0, 0.05) is 44.9 Å². The van der Waals surface area contributed by atoms with Crippen LogP contribution in [0, 0.1) is 0 Å². The molecule has 0 spiro atoms. The number of hydrogen-bond acceptors (Lipinski definition) is 6. The molecular formula is C13H20N2O4S. The quantitative estimate of drug-likeness (QED) is 0.379. The minimum absolute atomic E-state index is 0.284. The van der Waals surface area contributed by atoms with Gasteiger partial charge in [0.2, 0.25) is 0 Å². The van der Waals surface area contributed by atoms with Crippen LogP contribution in [0.15, 0.2) is 12.2 Å².